The van der Waals surface area contributed by atoms with Crippen LogP contribution in [0.3, 0.4) is 0 Å². The van der Waals surface area contributed by atoms with Gasteiger partial charge in [-0.1, -0.05) is 6.92 Å². The van der Waals surface area contributed by atoms with Gasteiger partial charge in [0.1, 0.15) is 6.04 Å². The number of carboxylic acid groups (broad SMARTS) is 1. The van der Waals surface area contributed by atoms with Gasteiger partial charge in [-0.25, -0.2) is 9.59 Å². The second-order valence-electron chi connectivity index (χ2n) is 5.46. The highest BCUT2D eigenvalue weighted by atomic mass is 16.5. The fraction of sp³-hybridized carbons (Fsp3) is 0.846. The third kappa shape index (κ3) is 3.37. The number of ether oxygens (including phenoxy) is 1. The Morgan fingerprint density at radius 3 is 2.74 bits per heavy atom. The van der Waals surface area contributed by atoms with Gasteiger partial charge in [0.15, 0.2) is 0 Å². The molecule has 3 unspecified atom stereocenters. The molecule has 0 radical (unpaired) electrons. The maximum Gasteiger partial charge on any atom is 0.326 e. The smallest absolute Gasteiger partial charge is 0.326 e. The number of carbonyl (C=O) groups excluding carboxylic acids is 1. The van der Waals surface area contributed by atoms with Crippen molar-refractivity contribution in [2.75, 3.05) is 19.8 Å². The summed E-state index contributed by atoms with van der Waals surface area (Å²) in [5.74, 6) is -0.915. The van der Waals surface area contributed by atoms with Crippen molar-refractivity contribution in [1.82, 2.24) is 10.2 Å². The van der Waals surface area contributed by atoms with E-state index in [1.54, 1.807) is 0 Å². The third-order valence-corrected chi connectivity index (χ3v) is 3.94. The molecule has 19 heavy (non-hydrogen) atoms. The molecule has 0 bridgehead atoms. The number of likely N-dealkylation sites (tertiary alicyclic amines) is 1. The normalized spacial score (nSPS) is 31.8. The zero-order valence-electron chi connectivity index (χ0n) is 11.3. The standard InChI is InChI=1S/C13H22N2O4/c1-9-4-2-6-15(11(9)12(16)17)13(18)14-10-5-3-7-19-8-10/h9-11H,2-8H2,1H3,(H,14,18)(H,16,17). The monoisotopic (exact) mass is 270 g/mol. The van der Waals surface area contributed by atoms with Gasteiger partial charge < -0.3 is 20.1 Å². The highest BCUT2D eigenvalue weighted by molar-refractivity contribution is 5.83. The molecule has 2 amide bonds. The van der Waals surface area contributed by atoms with Gasteiger partial charge in [0.05, 0.1) is 12.6 Å². The van der Waals surface area contributed by atoms with Crippen molar-refractivity contribution in [2.45, 2.75) is 44.7 Å². The first-order valence-electron chi connectivity index (χ1n) is 6.97. The Morgan fingerprint density at radius 2 is 2.11 bits per heavy atom. The number of carboxylic acids is 1. The molecule has 6 heteroatoms. The van der Waals surface area contributed by atoms with Crippen LogP contribution in [-0.4, -0.2) is 53.8 Å². The zero-order valence-corrected chi connectivity index (χ0v) is 11.3. The SMILES string of the molecule is CC1CCCN(C(=O)NC2CCCOC2)C1C(=O)O. The molecule has 2 heterocycles. The third-order valence-electron chi connectivity index (χ3n) is 3.94. The van der Waals surface area contributed by atoms with Crippen LogP contribution in [0.5, 0.6) is 0 Å². The highest BCUT2D eigenvalue weighted by Crippen LogP contribution is 2.23. The van der Waals surface area contributed by atoms with E-state index in [0.29, 0.717) is 13.2 Å². The first-order valence-corrected chi connectivity index (χ1v) is 6.97. The van der Waals surface area contributed by atoms with Crippen LogP contribution in [0.1, 0.15) is 32.6 Å². The summed E-state index contributed by atoms with van der Waals surface area (Å²) in [5.41, 5.74) is 0. The first kappa shape index (κ1) is 14.1. The van der Waals surface area contributed by atoms with E-state index >= 15 is 0 Å². The molecule has 6 nitrogen and oxygen atoms in total. The molecule has 2 aliphatic rings. The number of nitrogens with zero attached hydrogens (tertiary/aromatic N) is 1. The lowest BCUT2D eigenvalue weighted by Crippen LogP contribution is -2.57. The number of carbonyl (C=O) groups is 2. The van der Waals surface area contributed by atoms with Crippen LogP contribution in [-0.2, 0) is 9.53 Å². The number of rotatable bonds is 2. The van der Waals surface area contributed by atoms with Crippen LogP contribution in [0.25, 0.3) is 0 Å². The fourth-order valence-corrected chi connectivity index (χ4v) is 2.90. The second-order valence-corrected chi connectivity index (χ2v) is 5.46. The Bertz CT molecular complexity index is 342. The van der Waals surface area contributed by atoms with Gasteiger partial charge in [-0.15, -0.1) is 0 Å². The maximum atomic E-state index is 12.2. The number of nitrogens with one attached hydrogen (secondary N) is 1. The van der Waals surface area contributed by atoms with Crippen LogP contribution in [0.2, 0.25) is 0 Å². The number of amides is 2. The van der Waals surface area contributed by atoms with Crippen molar-refractivity contribution < 1.29 is 19.4 Å². The zero-order chi connectivity index (χ0) is 13.8. The summed E-state index contributed by atoms with van der Waals surface area (Å²) in [7, 11) is 0. The minimum atomic E-state index is -0.915. The molecular formula is C13H22N2O4. The summed E-state index contributed by atoms with van der Waals surface area (Å²) in [6.07, 6.45) is 3.55. The van der Waals surface area contributed by atoms with Gasteiger partial charge in [0.25, 0.3) is 0 Å². The largest absolute Gasteiger partial charge is 0.480 e. The minimum Gasteiger partial charge on any atom is -0.480 e. The van der Waals surface area contributed by atoms with E-state index in [2.05, 4.69) is 5.32 Å². The van der Waals surface area contributed by atoms with E-state index in [9.17, 15) is 14.7 Å². The van der Waals surface area contributed by atoms with Crippen molar-refractivity contribution in [3.8, 4) is 0 Å². The minimum absolute atomic E-state index is 0.000365. The molecule has 0 saturated carbocycles. The highest BCUT2D eigenvalue weighted by Gasteiger charge is 2.37. The Labute approximate surface area is 113 Å². The lowest BCUT2D eigenvalue weighted by atomic mass is 9.91. The van der Waals surface area contributed by atoms with E-state index in [1.807, 2.05) is 6.92 Å². The average molecular weight is 270 g/mol. The Morgan fingerprint density at radius 1 is 1.32 bits per heavy atom. The van der Waals surface area contributed by atoms with Crippen LogP contribution < -0.4 is 5.32 Å². The lowest BCUT2D eigenvalue weighted by molar-refractivity contribution is -0.145. The van der Waals surface area contributed by atoms with E-state index in [-0.39, 0.29) is 18.0 Å². The van der Waals surface area contributed by atoms with E-state index in [0.717, 1.165) is 32.3 Å². The molecule has 0 spiro atoms. The Balaban J connectivity index is 1.97. The van der Waals surface area contributed by atoms with Crippen molar-refractivity contribution in [3.05, 3.63) is 0 Å². The van der Waals surface area contributed by atoms with E-state index in [1.165, 1.54) is 4.90 Å². The molecule has 2 N–H and O–H groups in total. The van der Waals surface area contributed by atoms with Crippen molar-refractivity contribution in [1.29, 1.82) is 0 Å². The van der Waals surface area contributed by atoms with Crippen molar-refractivity contribution >= 4 is 12.0 Å². The Hall–Kier alpha value is -1.30. The molecule has 0 aromatic carbocycles. The molecule has 2 rings (SSSR count). The van der Waals surface area contributed by atoms with Gasteiger partial charge in [0.2, 0.25) is 0 Å². The molecular weight excluding hydrogens is 248 g/mol. The summed E-state index contributed by atoms with van der Waals surface area (Å²) in [5, 5.41) is 12.2. The van der Waals surface area contributed by atoms with Crippen molar-refractivity contribution in [3.63, 3.8) is 0 Å². The number of urea groups is 1. The summed E-state index contributed by atoms with van der Waals surface area (Å²) in [6.45, 7) is 3.67. The molecule has 2 aliphatic heterocycles. The van der Waals surface area contributed by atoms with Gasteiger partial charge in [-0.3, -0.25) is 0 Å². The number of piperidine rings is 1. The van der Waals surface area contributed by atoms with Gasteiger partial charge in [0, 0.05) is 13.2 Å². The van der Waals surface area contributed by atoms with Gasteiger partial charge in [-0.2, -0.15) is 0 Å². The summed E-state index contributed by atoms with van der Waals surface area (Å²) >= 11 is 0. The molecule has 0 aliphatic carbocycles. The van der Waals surface area contributed by atoms with Gasteiger partial charge >= 0.3 is 12.0 Å². The first-order chi connectivity index (χ1) is 9.09. The second kappa shape index (κ2) is 6.23. The van der Waals surface area contributed by atoms with E-state index in [4.69, 9.17) is 4.74 Å². The lowest BCUT2D eigenvalue weighted by Gasteiger charge is -2.38. The molecule has 3 atom stereocenters. The molecule has 2 saturated heterocycles. The van der Waals surface area contributed by atoms with Crippen LogP contribution in [0, 0.1) is 5.92 Å². The fourth-order valence-electron chi connectivity index (χ4n) is 2.90. The topological polar surface area (TPSA) is 78.9 Å². The predicted octanol–water partition coefficient (Wildman–Crippen LogP) is 1.06. The molecule has 0 aromatic heterocycles. The number of aliphatic carboxylic acids is 1. The number of hydrogen-bond acceptors (Lipinski definition) is 3. The summed E-state index contributed by atoms with van der Waals surface area (Å²) < 4.78 is 5.32. The summed E-state index contributed by atoms with van der Waals surface area (Å²) in [4.78, 5) is 25.0. The average Bonchev–Trinajstić information content (AvgIpc) is 2.39. The molecule has 2 fully saturated rings. The Kier molecular flexibility index (Phi) is 4.63. The maximum absolute atomic E-state index is 12.2. The summed E-state index contributed by atoms with van der Waals surface area (Å²) in [6, 6.07) is -0.972. The van der Waals surface area contributed by atoms with Crippen LogP contribution in [0.4, 0.5) is 4.79 Å². The predicted molar refractivity (Wildman–Crippen MR) is 68.9 cm³/mol. The van der Waals surface area contributed by atoms with E-state index < -0.39 is 12.0 Å². The van der Waals surface area contributed by atoms with Crippen LogP contribution >= 0.6 is 0 Å². The van der Waals surface area contributed by atoms with Crippen LogP contribution in [0.15, 0.2) is 0 Å². The molecule has 108 valence electrons. The van der Waals surface area contributed by atoms with Crippen molar-refractivity contribution in [2.24, 2.45) is 5.92 Å². The molecule has 0 aromatic rings. The quantitative estimate of drug-likeness (QED) is 0.786. The van der Waals surface area contributed by atoms with Gasteiger partial charge in [-0.05, 0) is 31.6 Å². The number of hydrogen-bond donors (Lipinski definition) is 2.